The Morgan fingerprint density at radius 2 is 1.79 bits per heavy atom. The second kappa shape index (κ2) is 4.22. The van der Waals surface area contributed by atoms with Gasteiger partial charge in [0, 0.05) is 6.04 Å². The Bertz CT molecular complexity index is 178. The Morgan fingerprint density at radius 1 is 1.14 bits per heavy atom. The minimum atomic E-state index is 0.532. The van der Waals surface area contributed by atoms with Crippen molar-refractivity contribution in [3.05, 3.63) is 0 Å². The van der Waals surface area contributed by atoms with Crippen molar-refractivity contribution in [2.24, 2.45) is 29.4 Å². The van der Waals surface area contributed by atoms with Crippen molar-refractivity contribution >= 4 is 0 Å². The Hall–Kier alpha value is -0.0400. The van der Waals surface area contributed by atoms with E-state index in [-0.39, 0.29) is 0 Å². The standard InChI is InChI=1S/C13H25N/c1-9(2)5-3-8-12(14)13-10-6-4-7-11(10)13/h9-13H,3-8,14H2,1-2H3. The summed E-state index contributed by atoms with van der Waals surface area (Å²) in [4.78, 5) is 0. The maximum Gasteiger partial charge on any atom is 0.00726 e. The first-order chi connectivity index (χ1) is 6.70. The second-order valence-corrected chi connectivity index (χ2v) is 5.82. The van der Waals surface area contributed by atoms with Gasteiger partial charge in [-0.1, -0.05) is 33.1 Å². The second-order valence-electron chi connectivity index (χ2n) is 5.82. The molecule has 2 N–H and O–H groups in total. The quantitative estimate of drug-likeness (QED) is 0.716. The Kier molecular flexibility index (Phi) is 3.16. The highest BCUT2D eigenvalue weighted by molar-refractivity contribution is 5.05. The third-order valence-corrected chi connectivity index (χ3v) is 4.29. The normalized spacial score (nSPS) is 37.3. The molecule has 0 aromatic heterocycles. The van der Waals surface area contributed by atoms with Gasteiger partial charge in [0.25, 0.3) is 0 Å². The molecule has 0 bridgehead atoms. The van der Waals surface area contributed by atoms with E-state index in [2.05, 4.69) is 13.8 Å². The van der Waals surface area contributed by atoms with Crippen LogP contribution in [0.3, 0.4) is 0 Å². The molecule has 2 aliphatic carbocycles. The number of hydrogen-bond acceptors (Lipinski definition) is 1. The van der Waals surface area contributed by atoms with Gasteiger partial charge in [0.2, 0.25) is 0 Å². The summed E-state index contributed by atoms with van der Waals surface area (Å²) in [6, 6.07) is 0.532. The lowest BCUT2D eigenvalue weighted by atomic mass is 9.97. The van der Waals surface area contributed by atoms with Crippen LogP contribution in [0.2, 0.25) is 0 Å². The summed E-state index contributed by atoms with van der Waals surface area (Å²) in [6.45, 7) is 4.61. The van der Waals surface area contributed by atoms with E-state index >= 15 is 0 Å². The molecular formula is C13H25N. The molecule has 3 unspecified atom stereocenters. The number of hydrogen-bond donors (Lipinski definition) is 1. The molecule has 3 atom stereocenters. The summed E-state index contributed by atoms with van der Waals surface area (Å²) in [7, 11) is 0. The molecule has 0 aromatic rings. The van der Waals surface area contributed by atoms with E-state index in [0.717, 1.165) is 23.7 Å². The summed E-state index contributed by atoms with van der Waals surface area (Å²) < 4.78 is 0. The van der Waals surface area contributed by atoms with Gasteiger partial charge >= 0.3 is 0 Å². The zero-order valence-electron chi connectivity index (χ0n) is 9.71. The topological polar surface area (TPSA) is 26.0 Å². The molecule has 0 aliphatic heterocycles. The van der Waals surface area contributed by atoms with Crippen molar-refractivity contribution in [1.29, 1.82) is 0 Å². The fourth-order valence-electron chi connectivity index (χ4n) is 3.47. The van der Waals surface area contributed by atoms with Gasteiger partial charge < -0.3 is 5.73 Å². The fraction of sp³-hybridized carbons (Fsp3) is 1.00. The summed E-state index contributed by atoms with van der Waals surface area (Å²) in [5.74, 6) is 3.87. The average Bonchev–Trinajstić information content (AvgIpc) is 2.60. The average molecular weight is 195 g/mol. The van der Waals surface area contributed by atoms with E-state index < -0.39 is 0 Å². The molecule has 14 heavy (non-hydrogen) atoms. The highest BCUT2D eigenvalue weighted by Gasteiger charge is 2.54. The van der Waals surface area contributed by atoms with Gasteiger partial charge in [-0.2, -0.15) is 0 Å². The Morgan fingerprint density at radius 3 is 2.36 bits per heavy atom. The van der Waals surface area contributed by atoms with Crippen LogP contribution in [-0.4, -0.2) is 6.04 Å². The van der Waals surface area contributed by atoms with Gasteiger partial charge in [-0.15, -0.1) is 0 Å². The third kappa shape index (κ3) is 2.13. The van der Waals surface area contributed by atoms with Crippen molar-refractivity contribution in [3.63, 3.8) is 0 Å². The SMILES string of the molecule is CC(C)CCCC(N)C1C2CCCC21. The maximum absolute atomic E-state index is 6.26. The Balaban J connectivity index is 1.63. The molecule has 2 fully saturated rings. The van der Waals surface area contributed by atoms with E-state index in [1.807, 2.05) is 0 Å². The van der Waals surface area contributed by atoms with Crippen LogP contribution >= 0.6 is 0 Å². The number of nitrogens with two attached hydrogens (primary N) is 1. The van der Waals surface area contributed by atoms with Crippen LogP contribution in [0.4, 0.5) is 0 Å². The first-order valence-electron chi connectivity index (χ1n) is 6.45. The molecule has 1 nitrogen and oxygen atoms in total. The van der Waals surface area contributed by atoms with Crippen LogP contribution in [0.15, 0.2) is 0 Å². The molecule has 2 rings (SSSR count). The van der Waals surface area contributed by atoms with Crippen LogP contribution < -0.4 is 5.73 Å². The monoisotopic (exact) mass is 195 g/mol. The van der Waals surface area contributed by atoms with Gasteiger partial charge in [-0.25, -0.2) is 0 Å². The lowest BCUT2D eigenvalue weighted by Gasteiger charge is -2.14. The smallest absolute Gasteiger partial charge is 0.00726 e. The van der Waals surface area contributed by atoms with Crippen molar-refractivity contribution in [3.8, 4) is 0 Å². The molecule has 1 heteroatoms. The van der Waals surface area contributed by atoms with E-state index in [4.69, 9.17) is 5.73 Å². The predicted molar refractivity (Wildman–Crippen MR) is 61.0 cm³/mol. The highest BCUT2D eigenvalue weighted by Crippen LogP contribution is 2.59. The third-order valence-electron chi connectivity index (χ3n) is 4.29. The van der Waals surface area contributed by atoms with Crippen LogP contribution in [0.5, 0.6) is 0 Å². The molecule has 0 radical (unpaired) electrons. The van der Waals surface area contributed by atoms with E-state index in [1.54, 1.807) is 0 Å². The van der Waals surface area contributed by atoms with E-state index in [1.165, 1.54) is 38.5 Å². The molecule has 0 amide bonds. The minimum Gasteiger partial charge on any atom is -0.327 e. The van der Waals surface area contributed by atoms with Gasteiger partial charge in [0.15, 0.2) is 0 Å². The molecule has 0 aromatic carbocycles. The highest BCUT2D eigenvalue weighted by atomic mass is 14.7. The van der Waals surface area contributed by atoms with Crippen LogP contribution in [0.1, 0.15) is 52.4 Å². The lowest BCUT2D eigenvalue weighted by Crippen LogP contribution is -2.24. The zero-order valence-corrected chi connectivity index (χ0v) is 9.71. The van der Waals surface area contributed by atoms with Crippen LogP contribution in [0.25, 0.3) is 0 Å². The molecule has 82 valence electrons. The van der Waals surface area contributed by atoms with Gasteiger partial charge in [0.1, 0.15) is 0 Å². The first-order valence-corrected chi connectivity index (χ1v) is 6.45. The van der Waals surface area contributed by atoms with E-state index in [9.17, 15) is 0 Å². The summed E-state index contributed by atoms with van der Waals surface area (Å²) in [5.41, 5.74) is 6.26. The van der Waals surface area contributed by atoms with Crippen molar-refractivity contribution < 1.29 is 0 Å². The maximum atomic E-state index is 6.26. The molecule has 0 heterocycles. The predicted octanol–water partition coefficient (Wildman–Crippen LogP) is 3.19. The van der Waals surface area contributed by atoms with Gasteiger partial charge in [0.05, 0.1) is 0 Å². The van der Waals surface area contributed by atoms with Gasteiger partial charge in [-0.05, 0) is 42.9 Å². The number of fused-ring (bicyclic) bond motifs is 1. The van der Waals surface area contributed by atoms with Crippen LogP contribution in [-0.2, 0) is 0 Å². The van der Waals surface area contributed by atoms with Crippen LogP contribution in [0, 0.1) is 23.7 Å². The lowest BCUT2D eigenvalue weighted by molar-refractivity contribution is 0.428. The summed E-state index contributed by atoms with van der Waals surface area (Å²) in [5, 5.41) is 0. The van der Waals surface area contributed by atoms with Crippen molar-refractivity contribution in [1.82, 2.24) is 0 Å². The summed E-state index contributed by atoms with van der Waals surface area (Å²) >= 11 is 0. The van der Waals surface area contributed by atoms with Crippen molar-refractivity contribution in [2.75, 3.05) is 0 Å². The molecule has 0 saturated heterocycles. The molecule has 0 spiro atoms. The number of rotatable bonds is 5. The molecule has 2 aliphatic rings. The minimum absolute atomic E-state index is 0.532. The van der Waals surface area contributed by atoms with Crippen molar-refractivity contribution in [2.45, 2.75) is 58.4 Å². The molecular weight excluding hydrogens is 170 g/mol. The zero-order chi connectivity index (χ0) is 10.1. The fourth-order valence-corrected chi connectivity index (χ4v) is 3.47. The largest absolute Gasteiger partial charge is 0.327 e. The summed E-state index contributed by atoms with van der Waals surface area (Å²) in [6.07, 6.45) is 8.41. The van der Waals surface area contributed by atoms with E-state index in [0.29, 0.717) is 6.04 Å². The first kappa shape index (κ1) is 10.5. The molecule has 2 saturated carbocycles. The van der Waals surface area contributed by atoms with Gasteiger partial charge in [-0.3, -0.25) is 0 Å². The Labute approximate surface area is 88.4 Å².